The third-order valence-corrected chi connectivity index (χ3v) is 5.71. The fraction of sp³-hybridized carbons (Fsp3) is 0.190. The molecule has 1 aliphatic heterocycles. The van der Waals surface area contributed by atoms with E-state index in [1.165, 1.54) is 29.2 Å². The number of thioether (sulfide) groups is 1. The van der Waals surface area contributed by atoms with Crippen LogP contribution in [0.3, 0.4) is 0 Å². The molecule has 3 aromatic rings. The lowest BCUT2D eigenvalue weighted by molar-refractivity contribution is -0.119. The number of nitrogens with zero attached hydrogens (tertiary/aromatic N) is 3. The van der Waals surface area contributed by atoms with Crippen molar-refractivity contribution < 1.29 is 22.8 Å². The number of hydrogen-bond donors (Lipinski definition) is 1. The molecule has 1 aliphatic rings. The van der Waals surface area contributed by atoms with Crippen molar-refractivity contribution in [3.05, 3.63) is 60.2 Å². The summed E-state index contributed by atoms with van der Waals surface area (Å²) in [5.41, 5.74) is 3.12. The van der Waals surface area contributed by atoms with E-state index in [9.17, 15) is 22.8 Å². The molecular formula is C21H17F3N4O2S. The number of urea groups is 1. The number of amides is 3. The number of benzene rings is 2. The molecule has 0 radical (unpaired) electrons. The lowest BCUT2D eigenvalue weighted by atomic mass is 10.1. The highest BCUT2D eigenvalue weighted by atomic mass is 32.2. The van der Waals surface area contributed by atoms with Gasteiger partial charge in [-0.3, -0.25) is 4.79 Å². The molecule has 0 aliphatic carbocycles. The monoisotopic (exact) mass is 446 g/mol. The Bertz CT molecular complexity index is 1170. The van der Waals surface area contributed by atoms with E-state index < -0.39 is 23.5 Å². The van der Waals surface area contributed by atoms with Crippen LogP contribution in [0.15, 0.2) is 59.5 Å². The standard InChI is InChI=1S/C21H17F3N4O2S/c1-12-19(29)28(14-6-8-15(9-7-14)31-21(22,23)24)20(30)27(12)11-13-10-18(25)26-17-5-3-2-4-16(13)17/h2-10,12H,11H2,1H3,(H2,25,26). The first-order valence-corrected chi connectivity index (χ1v) is 10.1. The Labute approximate surface area is 179 Å². The van der Waals surface area contributed by atoms with Crippen LogP contribution in [0, 0.1) is 0 Å². The van der Waals surface area contributed by atoms with Crippen LogP contribution in [0.5, 0.6) is 0 Å². The SMILES string of the molecule is CC1C(=O)N(c2ccc(SC(F)(F)F)cc2)C(=O)N1Cc1cc(N)nc2ccccc12. The van der Waals surface area contributed by atoms with Crippen molar-refractivity contribution in [2.24, 2.45) is 0 Å². The molecule has 160 valence electrons. The number of halogens is 3. The molecule has 1 unspecified atom stereocenters. The number of carbonyl (C=O) groups is 2. The van der Waals surface area contributed by atoms with Crippen LogP contribution in [0.1, 0.15) is 12.5 Å². The maximum absolute atomic E-state index is 13.1. The van der Waals surface area contributed by atoms with Gasteiger partial charge in [0.1, 0.15) is 11.9 Å². The number of rotatable bonds is 4. The average molecular weight is 446 g/mol. The fourth-order valence-corrected chi connectivity index (χ4v) is 4.07. The molecule has 0 spiro atoms. The van der Waals surface area contributed by atoms with Crippen LogP contribution in [-0.4, -0.2) is 33.4 Å². The first-order chi connectivity index (χ1) is 14.6. The van der Waals surface area contributed by atoms with E-state index in [0.29, 0.717) is 11.3 Å². The Hall–Kier alpha value is -3.27. The smallest absolute Gasteiger partial charge is 0.384 e. The lowest BCUT2D eigenvalue weighted by Crippen LogP contribution is -2.33. The van der Waals surface area contributed by atoms with Crippen molar-refractivity contribution >= 4 is 46.1 Å². The van der Waals surface area contributed by atoms with Crippen LogP contribution >= 0.6 is 11.8 Å². The number of carbonyl (C=O) groups excluding carboxylic acids is 2. The van der Waals surface area contributed by atoms with Crippen molar-refractivity contribution in [2.45, 2.75) is 29.9 Å². The van der Waals surface area contributed by atoms with Gasteiger partial charge in [0.15, 0.2) is 0 Å². The van der Waals surface area contributed by atoms with Gasteiger partial charge in [-0.05, 0) is 60.6 Å². The van der Waals surface area contributed by atoms with Gasteiger partial charge >= 0.3 is 11.5 Å². The molecule has 1 saturated heterocycles. The van der Waals surface area contributed by atoms with Crippen LogP contribution in [-0.2, 0) is 11.3 Å². The van der Waals surface area contributed by atoms with E-state index in [4.69, 9.17) is 5.73 Å². The molecular weight excluding hydrogens is 429 g/mol. The van der Waals surface area contributed by atoms with Crippen LogP contribution in [0.25, 0.3) is 10.9 Å². The van der Waals surface area contributed by atoms with Crippen LogP contribution in [0.2, 0.25) is 0 Å². The van der Waals surface area contributed by atoms with Crippen LogP contribution < -0.4 is 10.6 Å². The number of pyridine rings is 1. The number of fused-ring (bicyclic) bond motifs is 1. The maximum Gasteiger partial charge on any atom is 0.446 e. The Balaban J connectivity index is 1.61. The van der Waals surface area contributed by atoms with E-state index in [-0.39, 0.29) is 28.9 Å². The number of hydrogen-bond acceptors (Lipinski definition) is 5. The topological polar surface area (TPSA) is 79.5 Å². The molecule has 1 atom stereocenters. The Kier molecular flexibility index (Phi) is 5.26. The van der Waals surface area contributed by atoms with E-state index in [2.05, 4.69) is 4.98 Å². The third-order valence-electron chi connectivity index (χ3n) is 4.97. The molecule has 4 rings (SSSR count). The largest absolute Gasteiger partial charge is 0.446 e. The second-order valence-electron chi connectivity index (χ2n) is 7.03. The van der Waals surface area contributed by atoms with E-state index in [1.54, 1.807) is 13.0 Å². The van der Waals surface area contributed by atoms with Crippen molar-refractivity contribution in [1.82, 2.24) is 9.88 Å². The van der Waals surface area contributed by atoms with Crippen LogP contribution in [0.4, 0.5) is 29.5 Å². The summed E-state index contributed by atoms with van der Waals surface area (Å²) in [6.45, 7) is 1.75. The van der Waals surface area contributed by atoms with Gasteiger partial charge in [0.2, 0.25) is 0 Å². The number of anilines is 2. The first kappa shape index (κ1) is 21.0. The minimum atomic E-state index is -4.42. The summed E-state index contributed by atoms with van der Waals surface area (Å²) in [5.74, 6) is -0.151. The summed E-state index contributed by atoms with van der Waals surface area (Å²) in [6, 6.07) is 12.8. The zero-order valence-electron chi connectivity index (χ0n) is 16.3. The van der Waals surface area contributed by atoms with Gasteiger partial charge in [-0.1, -0.05) is 18.2 Å². The van der Waals surface area contributed by atoms with E-state index in [1.807, 2.05) is 24.3 Å². The molecule has 10 heteroatoms. The van der Waals surface area contributed by atoms with Gasteiger partial charge in [-0.25, -0.2) is 14.7 Å². The molecule has 2 N–H and O–H groups in total. The lowest BCUT2D eigenvalue weighted by Gasteiger charge is -2.20. The van der Waals surface area contributed by atoms with E-state index >= 15 is 0 Å². The number of para-hydroxylation sites is 1. The molecule has 2 heterocycles. The van der Waals surface area contributed by atoms with Crippen molar-refractivity contribution in [3.63, 3.8) is 0 Å². The number of imide groups is 1. The molecule has 3 amide bonds. The second-order valence-corrected chi connectivity index (χ2v) is 8.16. The zero-order chi connectivity index (χ0) is 22.3. The quantitative estimate of drug-likeness (QED) is 0.461. The summed E-state index contributed by atoms with van der Waals surface area (Å²) in [4.78, 5) is 32.5. The molecule has 31 heavy (non-hydrogen) atoms. The van der Waals surface area contributed by atoms with Gasteiger partial charge in [-0.2, -0.15) is 13.2 Å². The zero-order valence-corrected chi connectivity index (χ0v) is 17.1. The highest BCUT2D eigenvalue weighted by Gasteiger charge is 2.43. The highest BCUT2D eigenvalue weighted by molar-refractivity contribution is 8.00. The minimum absolute atomic E-state index is 0.0287. The van der Waals surface area contributed by atoms with Crippen molar-refractivity contribution in [2.75, 3.05) is 10.6 Å². The van der Waals surface area contributed by atoms with Crippen molar-refractivity contribution in [3.8, 4) is 0 Å². The number of nitrogen functional groups attached to an aromatic ring is 1. The Morgan fingerprint density at radius 2 is 1.77 bits per heavy atom. The van der Waals surface area contributed by atoms with E-state index in [0.717, 1.165) is 15.8 Å². The summed E-state index contributed by atoms with van der Waals surface area (Å²) in [6.07, 6.45) is 0. The Morgan fingerprint density at radius 1 is 1.10 bits per heavy atom. The third kappa shape index (κ3) is 4.15. The van der Waals surface area contributed by atoms with Crippen molar-refractivity contribution in [1.29, 1.82) is 0 Å². The summed E-state index contributed by atoms with van der Waals surface area (Å²) in [5, 5.41) is 0.816. The average Bonchev–Trinajstić information content (AvgIpc) is 2.91. The molecule has 0 saturated carbocycles. The summed E-state index contributed by atoms with van der Waals surface area (Å²) < 4.78 is 37.6. The fourth-order valence-electron chi connectivity index (χ4n) is 3.53. The minimum Gasteiger partial charge on any atom is -0.384 e. The summed E-state index contributed by atoms with van der Waals surface area (Å²) >= 11 is -0.258. The predicted octanol–water partition coefficient (Wildman–Crippen LogP) is 4.79. The number of aromatic nitrogens is 1. The van der Waals surface area contributed by atoms with Gasteiger partial charge in [0.25, 0.3) is 5.91 Å². The summed E-state index contributed by atoms with van der Waals surface area (Å²) in [7, 11) is 0. The highest BCUT2D eigenvalue weighted by Crippen LogP contribution is 2.38. The molecule has 6 nitrogen and oxygen atoms in total. The van der Waals surface area contributed by atoms with Gasteiger partial charge in [0.05, 0.1) is 11.2 Å². The molecule has 1 fully saturated rings. The maximum atomic E-state index is 13.1. The second kappa shape index (κ2) is 7.77. The number of alkyl halides is 3. The first-order valence-electron chi connectivity index (χ1n) is 9.28. The number of nitrogens with two attached hydrogens (primary N) is 1. The van der Waals surface area contributed by atoms with Gasteiger partial charge in [-0.15, -0.1) is 0 Å². The van der Waals surface area contributed by atoms with Gasteiger partial charge in [0, 0.05) is 16.8 Å². The van der Waals surface area contributed by atoms with Gasteiger partial charge < -0.3 is 10.6 Å². The molecule has 1 aromatic heterocycles. The molecule has 0 bridgehead atoms. The normalized spacial score (nSPS) is 17.1. The Morgan fingerprint density at radius 3 is 2.45 bits per heavy atom. The molecule has 2 aromatic carbocycles. The predicted molar refractivity (Wildman–Crippen MR) is 112 cm³/mol.